The smallest absolute Gasteiger partial charge is 0.255 e. The van der Waals surface area contributed by atoms with E-state index in [1.807, 2.05) is 42.5 Å². The van der Waals surface area contributed by atoms with E-state index in [2.05, 4.69) is 5.32 Å². The largest absolute Gasteiger partial charge is 0.337 e. The molecular weight excluding hydrogens is 268 g/mol. The highest BCUT2D eigenvalue weighted by Gasteiger charge is 2.26. The maximum absolute atomic E-state index is 12.4. The van der Waals surface area contributed by atoms with Crippen LogP contribution in [0.25, 0.3) is 0 Å². The monoisotopic (exact) mass is 286 g/mol. The van der Waals surface area contributed by atoms with Gasteiger partial charge in [0.15, 0.2) is 0 Å². The van der Waals surface area contributed by atoms with Crippen molar-refractivity contribution < 1.29 is 4.79 Å². The first kappa shape index (κ1) is 15.3. The first-order valence-corrected chi connectivity index (χ1v) is 7.08. The Morgan fingerprint density at radius 3 is 2.78 bits per heavy atom. The summed E-state index contributed by atoms with van der Waals surface area (Å²) in [5.74, 6) is 0.160. The van der Waals surface area contributed by atoms with Crippen LogP contribution in [0.2, 0.25) is 0 Å². The lowest BCUT2D eigenvalue weighted by atomic mass is 10.2. The molecule has 1 aromatic rings. The third-order valence-electron chi connectivity index (χ3n) is 3.22. The predicted molar refractivity (Wildman–Crippen MR) is 78.8 cm³/mol. The highest BCUT2D eigenvalue weighted by Crippen LogP contribution is 2.22. The number of amides is 1. The van der Waals surface area contributed by atoms with Crippen molar-refractivity contribution >= 4 is 30.1 Å². The van der Waals surface area contributed by atoms with Gasteiger partial charge in [-0.3, -0.25) is 4.79 Å². The minimum absolute atomic E-state index is 0. The molecule has 1 saturated heterocycles. The van der Waals surface area contributed by atoms with Gasteiger partial charge < -0.3 is 10.2 Å². The van der Waals surface area contributed by atoms with Crippen LogP contribution in [-0.2, 0) is 0 Å². The molecule has 1 N–H and O–H groups in total. The Balaban J connectivity index is 0.00000162. The number of rotatable bonds is 3. The van der Waals surface area contributed by atoms with Crippen LogP contribution in [0.4, 0.5) is 0 Å². The van der Waals surface area contributed by atoms with Gasteiger partial charge in [-0.25, -0.2) is 0 Å². The Bertz CT molecular complexity index is 414. The van der Waals surface area contributed by atoms with Gasteiger partial charge in [-0.15, -0.1) is 24.2 Å². The Morgan fingerprint density at radius 1 is 1.44 bits per heavy atom. The van der Waals surface area contributed by atoms with Crippen LogP contribution < -0.4 is 5.32 Å². The molecule has 1 aromatic carbocycles. The molecule has 0 aliphatic carbocycles. The summed E-state index contributed by atoms with van der Waals surface area (Å²) in [5, 5.41) is 3.23. The maximum Gasteiger partial charge on any atom is 0.255 e. The Morgan fingerprint density at radius 2 is 2.17 bits per heavy atom. The highest BCUT2D eigenvalue weighted by atomic mass is 35.5. The molecule has 100 valence electrons. The lowest BCUT2D eigenvalue weighted by molar-refractivity contribution is 0.0786. The van der Waals surface area contributed by atoms with E-state index in [1.165, 1.54) is 0 Å². The number of thioether (sulfide) groups is 1. The fourth-order valence-electron chi connectivity index (χ4n) is 2.17. The molecule has 1 unspecified atom stereocenters. The summed E-state index contributed by atoms with van der Waals surface area (Å²) in [6.45, 7) is 1.67. The normalized spacial score (nSPS) is 18.6. The van der Waals surface area contributed by atoms with Crippen molar-refractivity contribution in [1.82, 2.24) is 10.2 Å². The molecule has 0 spiro atoms. The number of benzene rings is 1. The summed E-state index contributed by atoms with van der Waals surface area (Å²) < 4.78 is 0. The number of carbonyl (C=O) groups excluding carboxylic acids is 1. The Labute approximate surface area is 119 Å². The second-order valence-corrected chi connectivity index (χ2v) is 5.07. The fraction of sp³-hybridized carbons (Fsp3) is 0.462. The van der Waals surface area contributed by atoms with Crippen LogP contribution in [0.15, 0.2) is 29.2 Å². The number of likely N-dealkylation sites (tertiary alicyclic amines) is 1. The molecule has 1 heterocycles. The van der Waals surface area contributed by atoms with Gasteiger partial charge in [-0.2, -0.15) is 0 Å². The average Bonchev–Trinajstić information content (AvgIpc) is 2.86. The molecule has 2 rings (SSSR count). The number of hydrogen-bond donors (Lipinski definition) is 1. The molecule has 5 heteroatoms. The second-order valence-electron chi connectivity index (χ2n) is 4.23. The quantitative estimate of drug-likeness (QED) is 0.865. The van der Waals surface area contributed by atoms with Crippen molar-refractivity contribution in [2.75, 3.05) is 26.4 Å². The summed E-state index contributed by atoms with van der Waals surface area (Å²) in [5.41, 5.74) is 0.830. The molecule has 0 aromatic heterocycles. The van der Waals surface area contributed by atoms with Crippen molar-refractivity contribution in [2.24, 2.45) is 0 Å². The average molecular weight is 287 g/mol. The van der Waals surface area contributed by atoms with Gasteiger partial charge in [0.1, 0.15) is 0 Å². The topological polar surface area (TPSA) is 32.3 Å². The van der Waals surface area contributed by atoms with E-state index in [0.717, 1.165) is 30.0 Å². The van der Waals surface area contributed by atoms with E-state index in [9.17, 15) is 4.79 Å². The SMILES string of the molecule is CNC1CCN(C(=O)c2ccccc2SC)C1.Cl. The van der Waals surface area contributed by atoms with Crippen molar-refractivity contribution in [3.05, 3.63) is 29.8 Å². The zero-order valence-electron chi connectivity index (χ0n) is 10.7. The first-order valence-electron chi connectivity index (χ1n) is 5.86. The molecule has 0 bridgehead atoms. The lowest BCUT2D eigenvalue weighted by Gasteiger charge is -2.17. The number of halogens is 1. The van der Waals surface area contributed by atoms with Crippen LogP contribution in [0.1, 0.15) is 16.8 Å². The summed E-state index contributed by atoms with van der Waals surface area (Å²) >= 11 is 1.63. The summed E-state index contributed by atoms with van der Waals surface area (Å²) in [6, 6.07) is 8.27. The Kier molecular flexibility index (Phi) is 5.99. The molecular formula is C13H19ClN2OS. The van der Waals surface area contributed by atoms with Crippen LogP contribution in [0, 0.1) is 0 Å². The molecule has 1 aliphatic rings. The third-order valence-corrected chi connectivity index (χ3v) is 4.02. The molecule has 0 radical (unpaired) electrons. The number of hydrogen-bond acceptors (Lipinski definition) is 3. The number of nitrogens with zero attached hydrogens (tertiary/aromatic N) is 1. The molecule has 18 heavy (non-hydrogen) atoms. The number of nitrogens with one attached hydrogen (secondary N) is 1. The van der Waals surface area contributed by atoms with Gasteiger partial charge in [0.25, 0.3) is 5.91 Å². The van der Waals surface area contributed by atoms with Crippen molar-refractivity contribution in [3.8, 4) is 0 Å². The van der Waals surface area contributed by atoms with E-state index in [1.54, 1.807) is 11.8 Å². The van der Waals surface area contributed by atoms with Crippen molar-refractivity contribution in [2.45, 2.75) is 17.4 Å². The molecule has 1 aliphatic heterocycles. The van der Waals surface area contributed by atoms with Crippen LogP contribution >= 0.6 is 24.2 Å². The molecule has 1 atom stereocenters. The van der Waals surface area contributed by atoms with Crippen LogP contribution in [0.5, 0.6) is 0 Å². The molecule has 1 fully saturated rings. The van der Waals surface area contributed by atoms with E-state index in [0.29, 0.717) is 6.04 Å². The molecule has 0 saturated carbocycles. The fourth-order valence-corrected chi connectivity index (χ4v) is 2.76. The van der Waals surface area contributed by atoms with Crippen LogP contribution in [-0.4, -0.2) is 43.2 Å². The van der Waals surface area contributed by atoms with Crippen LogP contribution in [0.3, 0.4) is 0 Å². The van der Waals surface area contributed by atoms with E-state index < -0.39 is 0 Å². The minimum atomic E-state index is 0. The standard InChI is InChI=1S/C13H18N2OS.ClH/c1-14-10-7-8-15(9-10)13(16)11-5-3-4-6-12(11)17-2;/h3-6,10,14H,7-9H2,1-2H3;1H. The number of likely N-dealkylation sites (N-methyl/N-ethyl adjacent to an activating group) is 1. The predicted octanol–water partition coefficient (Wildman–Crippen LogP) is 2.26. The maximum atomic E-state index is 12.4. The summed E-state index contributed by atoms with van der Waals surface area (Å²) in [7, 11) is 1.95. The lowest BCUT2D eigenvalue weighted by Crippen LogP contribution is -2.33. The van der Waals surface area contributed by atoms with Gasteiger partial charge in [0.2, 0.25) is 0 Å². The van der Waals surface area contributed by atoms with Crippen molar-refractivity contribution in [3.63, 3.8) is 0 Å². The zero-order chi connectivity index (χ0) is 12.3. The van der Waals surface area contributed by atoms with E-state index in [4.69, 9.17) is 0 Å². The van der Waals surface area contributed by atoms with Gasteiger partial charge in [-0.1, -0.05) is 12.1 Å². The van der Waals surface area contributed by atoms with Gasteiger partial charge in [-0.05, 0) is 31.9 Å². The highest BCUT2D eigenvalue weighted by molar-refractivity contribution is 7.98. The first-order chi connectivity index (χ1) is 8.26. The summed E-state index contributed by atoms with van der Waals surface area (Å²) in [4.78, 5) is 15.4. The number of carbonyl (C=O) groups is 1. The third kappa shape index (κ3) is 3.19. The minimum Gasteiger partial charge on any atom is -0.337 e. The van der Waals surface area contributed by atoms with E-state index >= 15 is 0 Å². The Hall–Kier alpha value is -0.710. The van der Waals surface area contributed by atoms with Gasteiger partial charge >= 0.3 is 0 Å². The summed E-state index contributed by atoms with van der Waals surface area (Å²) in [6.07, 6.45) is 3.05. The van der Waals surface area contributed by atoms with Gasteiger partial charge in [0.05, 0.1) is 5.56 Å². The molecule has 1 amide bonds. The molecule has 3 nitrogen and oxygen atoms in total. The van der Waals surface area contributed by atoms with E-state index in [-0.39, 0.29) is 18.3 Å². The van der Waals surface area contributed by atoms with Gasteiger partial charge in [0, 0.05) is 24.0 Å². The second kappa shape index (κ2) is 7.02. The zero-order valence-corrected chi connectivity index (χ0v) is 12.3. The van der Waals surface area contributed by atoms with Crippen molar-refractivity contribution in [1.29, 1.82) is 0 Å².